The molecule has 2 nitrogen and oxygen atoms in total. The lowest BCUT2D eigenvalue weighted by molar-refractivity contribution is 0.114. The molecule has 0 aromatic carbocycles. The van der Waals surface area contributed by atoms with Crippen molar-refractivity contribution in [3.63, 3.8) is 0 Å². The van der Waals surface area contributed by atoms with E-state index in [4.69, 9.17) is 0 Å². The molecule has 0 aromatic rings. The standard InChI is InChI=1S/C13H26N2S/c1-14-11-5-4-8-15(10-11)12-6-3-7-13(9-12)16-2/h11-14H,3-10H2,1-2H3. The van der Waals surface area contributed by atoms with Crippen molar-refractivity contribution in [2.75, 3.05) is 26.4 Å². The Kier molecular flexibility index (Phi) is 4.98. The van der Waals surface area contributed by atoms with Gasteiger partial charge < -0.3 is 5.32 Å². The first-order valence-corrected chi connectivity index (χ1v) is 8.06. The summed E-state index contributed by atoms with van der Waals surface area (Å²) in [5.74, 6) is 0. The number of hydrogen-bond acceptors (Lipinski definition) is 3. The van der Waals surface area contributed by atoms with Gasteiger partial charge in [-0.2, -0.15) is 11.8 Å². The highest BCUT2D eigenvalue weighted by Gasteiger charge is 2.29. The molecule has 0 bridgehead atoms. The maximum Gasteiger partial charge on any atom is 0.0192 e. The summed E-state index contributed by atoms with van der Waals surface area (Å²) in [6, 6.07) is 1.62. The van der Waals surface area contributed by atoms with Gasteiger partial charge in [-0.1, -0.05) is 6.42 Å². The molecule has 1 N–H and O–H groups in total. The van der Waals surface area contributed by atoms with Crippen LogP contribution in [0.3, 0.4) is 0 Å². The van der Waals surface area contributed by atoms with Crippen molar-refractivity contribution >= 4 is 11.8 Å². The van der Waals surface area contributed by atoms with E-state index < -0.39 is 0 Å². The van der Waals surface area contributed by atoms with Crippen LogP contribution < -0.4 is 5.32 Å². The van der Waals surface area contributed by atoms with E-state index in [0.717, 1.165) is 17.3 Å². The first-order chi connectivity index (χ1) is 7.83. The highest BCUT2D eigenvalue weighted by atomic mass is 32.2. The van der Waals surface area contributed by atoms with Gasteiger partial charge in [-0.15, -0.1) is 0 Å². The molecular weight excluding hydrogens is 216 g/mol. The van der Waals surface area contributed by atoms with Crippen molar-refractivity contribution in [3.05, 3.63) is 0 Å². The van der Waals surface area contributed by atoms with Gasteiger partial charge in [0, 0.05) is 23.9 Å². The van der Waals surface area contributed by atoms with Crippen LogP contribution >= 0.6 is 11.8 Å². The predicted molar refractivity (Wildman–Crippen MR) is 73.2 cm³/mol. The predicted octanol–water partition coefficient (Wildman–Crippen LogP) is 2.34. The van der Waals surface area contributed by atoms with Gasteiger partial charge in [0.05, 0.1) is 0 Å². The highest BCUT2D eigenvalue weighted by molar-refractivity contribution is 7.99. The van der Waals surface area contributed by atoms with Crippen LogP contribution in [0.25, 0.3) is 0 Å². The number of nitrogens with one attached hydrogen (secondary N) is 1. The molecule has 0 spiro atoms. The molecule has 0 aromatic heterocycles. The van der Waals surface area contributed by atoms with Crippen molar-refractivity contribution in [1.29, 1.82) is 0 Å². The third kappa shape index (κ3) is 3.14. The second kappa shape index (κ2) is 6.27. The average Bonchev–Trinajstić information content (AvgIpc) is 2.39. The lowest BCUT2D eigenvalue weighted by Gasteiger charge is -2.41. The van der Waals surface area contributed by atoms with E-state index in [1.165, 1.54) is 51.6 Å². The number of piperidine rings is 1. The molecule has 1 heterocycles. The van der Waals surface area contributed by atoms with Crippen LogP contribution in [0.1, 0.15) is 38.5 Å². The van der Waals surface area contributed by atoms with Crippen molar-refractivity contribution in [1.82, 2.24) is 10.2 Å². The van der Waals surface area contributed by atoms with Gasteiger partial charge in [-0.05, 0) is 52.0 Å². The highest BCUT2D eigenvalue weighted by Crippen LogP contribution is 2.31. The van der Waals surface area contributed by atoms with Crippen LogP contribution in [0.2, 0.25) is 0 Å². The van der Waals surface area contributed by atoms with Crippen molar-refractivity contribution in [3.8, 4) is 0 Å². The Morgan fingerprint density at radius 2 is 2.06 bits per heavy atom. The van der Waals surface area contributed by atoms with Crippen LogP contribution in [0.5, 0.6) is 0 Å². The van der Waals surface area contributed by atoms with E-state index in [2.05, 4.69) is 35.3 Å². The Hall–Kier alpha value is 0.270. The third-order valence-corrected chi connectivity index (χ3v) is 5.40. The smallest absolute Gasteiger partial charge is 0.0192 e. The van der Waals surface area contributed by atoms with Gasteiger partial charge >= 0.3 is 0 Å². The van der Waals surface area contributed by atoms with E-state index in [0.29, 0.717) is 0 Å². The normalized spacial score (nSPS) is 37.5. The largest absolute Gasteiger partial charge is 0.316 e. The van der Waals surface area contributed by atoms with Crippen LogP contribution in [-0.4, -0.2) is 48.6 Å². The fourth-order valence-corrected chi connectivity index (χ4v) is 4.06. The van der Waals surface area contributed by atoms with Crippen molar-refractivity contribution < 1.29 is 0 Å². The molecule has 1 saturated carbocycles. The summed E-state index contributed by atoms with van der Waals surface area (Å²) in [5, 5.41) is 4.38. The summed E-state index contributed by atoms with van der Waals surface area (Å²) in [7, 11) is 2.11. The van der Waals surface area contributed by atoms with Gasteiger partial charge in [0.25, 0.3) is 0 Å². The molecule has 2 aliphatic rings. The Morgan fingerprint density at radius 1 is 1.19 bits per heavy atom. The molecule has 0 amide bonds. The van der Waals surface area contributed by atoms with Gasteiger partial charge in [0.2, 0.25) is 0 Å². The molecule has 1 aliphatic carbocycles. The number of hydrogen-bond donors (Lipinski definition) is 1. The molecular formula is C13H26N2S. The fraction of sp³-hybridized carbons (Fsp3) is 1.00. The second-order valence-corrected chi connectivity index (χ2v) is 6.44. The zero-order valence-corrected chi connectivity index (χ0v) is 11.6. The van der Waals surface area contributed by atoms with E-state index in [-0.39, 0.29) is 0 Å². The lowest BCUT2D eigenvalue weighted by Crippen LogP contribution is -2.50. The third-order valence-electron chi connectivity index (χ3n) is 4.31. The van der Waals surface area contributed by atoms with E-state index in [9.17, 15) is 0 Å². The number of likely N-dealkylation sites (N-methyl/N-ethyl adjacent to an activating group) is 1. The summed E-state index contributed by atoms with van der Waals surface area (Å²) in [4.78, 5) is 2.76. The van der Waals surface area contributed by atoms with Gasteiger partial charge in [0.15, 0.2) is 0 Å². The zero-order chi connectivity index (χ0) is 11.4. The molecule has 2 fully saturated rings. The summed E-state index contributed by atoms with van der Waals surface area (Å²) < 4.78 is 0. The monoisotopic (exact) mass is 242 g/mol. The Labute approximate surface area is 105 Å². The molecule has 2 rings (SSSR count). The summed E-state index contributed by atoms with van der Waals surface area (Å²) in [6.45, 7) is 2.62. The topological polar surface area (TPSA) is 15.3 Å². The van der Waals surface area contributed by atoms with Crippen LogP contribution in [0, 0.1) is 0 Å². The minimum atomic E-state index is 0.739. The Bertz CT molecular complexity index is 188. The summed E-state index contributed by atoms with van der Waals surface area (Å²) in [5.41, 5.74) is 0. The van der Waals surface area contributed by atoms with E-state index >= 15 is 0 Å². The SMILES string of the molecule is CNC1CCCN(C2CCCC(SC)C2)C1. The van der Waals surface area contributed by atoms with Crippen molar-refractivity contribution in [2.45, 2.75) is 55.9 Å². The first kappa shape index (κ1) is 12.7. The Morgan fingerprint density at radius 3 is 2.81 bits per heavy atom. The molecule has 1 aliphatic heterocycles. The lowest BCUT2D eigenvalue weighted by atomic mass is 9.91. The minimum absolute atomic E-state index is 0.739. The van der Waals surface area contributed by atoms with Gasteiger partial charge in [-0.25, -0.2) is 0 Å². The number of thioether (sulfide) groups is 1. The summed E-state index contributed by atoms with van der Waals surface area (Å²) in [6.07, 6.45) is 10.8. The van der Waals surface area contributed by atoms with Crippen molar-refractivity contribution in [2.24, 2.45) is 0 Å². The average molecular weight is 242 g/mol. The molecule has 3 heteroatoms. The van der Waals surface area contributed by atoms with Crippen LogP contribution in [0.4, 0.5) is 0 Å². The number of likely N-dealkylation sites (tertiary alicyclic amines) is 1. The molecule has 0 radical (unpaired) electrons. The fourth-order valence-electron chi connectivity index (χ4n) is 3.24. The Balaban J connectivity index is 1.85. The number of rotatable bonds is 3. The molecule has 3 atom stereocenters. The van der Waals surface area contributed by atoms with Gasteiger partial charge in [0.1, 0.15) is 0 Å². The minimum Gasteiger partial charge on any atom is -0.316 e. The summed E-state index contributed by atoms with van der Waals surface area (Å²) >= 11 is 2.08. The maximum absolute atomic E-state index is 3.45. The second-order valence-electron chi connectivity index (χ2n) is 5.30. The molecule has 16 heavy (non-hydrogen) atoms. The van der Waals surface area contributed by atoms with Gasteiger partial charge in [-0.3, -0.25) is 4.90 Å². The van der Waals surface area contributed by atoms with E-state index in [1.54, 1.807) is 0 Å². The maximum atomic E-state index is 3.45. The van der Waals surface area contributed by atoms with Crippen LogP contribution in [0.15, 0.2) is 0 Å². The quantitative estimate of drug-likeness (QED) is 0.818. The first-order valence-electron chi connectivity index (χ1n) is 6.77. The molecule has 3 unspecified atom stereocenters. The molecule has 1 saturated heterocycles. The number of nitrogens with zero attached hydrogens (tertiary/aromatic N) is 1. The van der Waals surface area contributed by atoms with Crippen LogP contribution in [-0.2, 0) is 0 Å². The van der Waals surface area contributed by atoms with E-state index in [1.807, 2.05) is 0 Å². The molecule has 94 valence electrons. The zero-order valence-electron chi connectivity index (χ0n) is 10.7.